The molecule has 7 aromatic rings. The average molecular weight is 415 g/mol. The fourth-order valence-corrected chi connectivity index (χ4v) is 5.90. The van der Waals surface area contributed by atoms with E-state index in [2.05, 4.69) is 113 Å². The third-order valence-corrected chi connectivity index (χ3v) is 7.35. The zero-order valence-corrected chi connectivity index (χ0v) is 17.5. The predicted octanol–water partition coefficient (Wildman–Crippen LogP) is 8.15. The van der Waals surface area contributed by atoms with Crippen molar-refractivity contribution < 1.29 is 0 Å². The lowest BCUT2D eigenvalue weighted by atomic mass is 10.1. The van der Waals surface area contributed by atoms with Gasteiger partial charge >= 0.3 is 0 Å². The van der Waals surface area contributed by atoms with E-state index in [1.807, 2.05) is 11.3 Å². The smallest absolute Gasteiger partial charge is 0.0655 e. The van der Waals surface area contributed by atoms with E-state index in [0.29, 0.717) is 0 Å². The molecule has 3 heterocycles. The molecule has 0 spiro atoms. The molecule has 0 bridgehead atoms. The van der Waals surface area contributed by atoms with Crippen LogP contribution in [0.1, 0.15) is 0 Å². The van der Waals surface area contributed by atoms with E-state index in [9.17, 15) is 0 Å². The van der Waals surface area contributed by atoms with Crippen LogP contribution in [0.5, 0.6) is 0 Å². The van der Waals surface area contributed by atoms with Crippen LogP contribution >= 0.6 is 11.3 Å². The molecule has 0 saturated heterocycles. The van der Waals surface area contributed by atoms with E-state index in [0.717, 1.165) is 0 Å². The monoisotopic (exact) mass is 414 g/mol. The predicted molar refractivity (Wildman–Crippen MR) is 133 cm³/mol. The minimum atomic E-state index is 1.19. The number of nitrogens with zero attached hydrogens (tertiary/aromatic N) is 1. The highest BCUT2D eigenvalue weighted by atomic mass is 32.1. The number of hydrogen-bond acceptors (Lipinski definition) is 1. The second kappa shape index (κ2) is 6.34. The maximum Gasteiger partial charge on any atom is 0.0655 e. The van der Waals surface area contributed by atoms with Gasteiger partial charge in [0.2, 0.25) is 0 Å². The van der Waals surface area contributed by atoms with Gasteiger partial charge in [0.05, 0.1) is 15.7 Å². The highest BCUT2D eigenvalue weighted by molar-refractivity contribution is 7.23. The topological polar surface area (TPSA) is 20.7 Å². The van der Waals surface area contributed by atoms with E-state index in [1.165, 1.54) is 59.1 Å². The summed E-state index contributed by atoms with van der Waals surface area (Å²) < 4.78 is 3.73. The molecule has 7 rings (SSSR count). The molecule has 146 valence electrons. The Hall–Kier alpha value is -3.82. The summed E-state index contributed by atoms with van der Waals surface area (Å²) in [7, 11) is 0. The van der Waals surface area contributed by atoms with Gasteiger partial charge in [-0.1, -0.05) is 60.7 Å². The van der Waals surface area contributed by atoms with Crippen molar-refractivity contribution >= 4 is 54.3 Å². The Morgan fingerprint density at radius 1 is 0.581 bits per heavy atom. The number of aromatic amines is 1. The van der Waals surface area contributed by atoms with E-state index in [4.69, 9.17) is 0 Å². The van der Waals surface area contributed by atoms with Crippen molar-refractivity contribution in [2.45, 2.75) is 0 Å². The van der Waals surface area contributed by atoms with Gasteiger partial charge in [-0.3, -0.25) is 0 Å². The lowest BCUT2D eigenvalue weighted by Crippen LogP contribution is -1.92. The van der Waals surface area contributed by atoms with Crippen molar-refractivity contribution in [3.8, 4) is 16.1 Å². The largest absolute Gasteiger partial charge is 0.355 e. The molecule has 0 unspecified atom stereocenters. The molecule has 4 aromatic carbocycles. The maximum atomic E-state index is 3.53. The van der Waals surface area contributed by atoms with Crippen LogP contribution in [0, 0.1) is 0 Å². The van der Waals surface area contributed by atoms with Crippen LogP contribution in [0.15, 0.2) is 103 Å². The fourth-order valence-electron chi connectivity index (χ4n) is 4.73. The van der Waals surface area contributed by atoms with Crippen LogP contribution in [-0.4, -0.2) is 9.55 Å². The number of benzene rings is 4. The Morgan fingerprint density at radius 3 is 2.23 bits per heavy atom. The maximum absolute atomic E-state index is 3.53. The zero-order chi connectivity index (χ0) is 20.4. The second-order valence-electron chi connectivity index (χ2n) is 7.94. The molecule has 0 aliphatic rings. The third kappa shape index (κ3) is 2.44. The number of hydrogen-bond donors (Lipinski definition) is 1. The van der Waals surface area contributed by atoms with E-state index in [-0.39, 0.29) is 0 Å². The van der Waals surface area contributed by atoms with Crippen molar-refractivity contribution in [1.29, 1.82) is 0 Å². The minimum Gasteiger partial charge on any atom is -0.355 e. The minimum absolute atomic E-state index is 1.19. The molecule has 2 nitrogen and oxygen atoms in total. The lowest BCUT2D eigenvalue weighted by Gasteiger charge is -2.06. The summed E-state index contributed by atoms with van der Waals surface area (Å²) in [6.07, 6.45) is 0. The first kappa shape index (κ1) is 16.9. The Labute approximate surface area is 183 Å². The van der Waals surface area contributed by atoms with Gasteiger partial charge in [0.25, 0.3) is 0 Å². The van der Waals surface area contributed by atoms with Gasteiger partial charge in [-0.2, -0.15) is 0 Å². The summed E-state index contributed by atoms with van der Waals surface area (Å²) in [5, 5.41) is 3.87. The lowest BCUT2D eigenvalue weighted by molar-refractivity contribution is 1.18. The number of rotatable bonds is 2. The molecule has 0 radical (unpaired) electrons. The van der Waals surface area contributed by atoms with Gasteiger partial charge in [-0.25, -0.2) is 0 Å². The molecule has 0 fully saturated rings. The molecule has 0 atom stereocenters. The van der Waals surface area contributed by atoms with Crippen LogP contribution < -0.4 is 0 Å². The molecular formula is C28H18N2S. The normalized spacial score (nSPS) is 11.9. The summed E-state index contributed by atoms with van der Waals surface area (Å²) in [4.78, 5) is 4.83. The Kier molecular flexibility index (Phi) is 3.46. The van der Waals surface area contributed by atoms with Gasteiger partial charge in [-0.05, 0) is 48.0 Å². The Balaban J connectivity index is 1.50. The molecule has 0 aliphatic carbocycles. The molecule has 0 amide bonds. The van der Waals surface area contributed by atoms with Gasteiger partial charge in [0.15, 0.2) is 0 Å². The van der Waals surface area contributed by atoms with Gasteiger partial charge in [-0.15, -0.1) is 11.3 Å². The van der Waals surface area contributed by atoms with E-state index >= 15 is 0 Å². The standard InChI is InChI=1S/C28H18N2S/c1-2-8-19(9-3-1)30-25-13-7-5-11-21(25)28-26(30)17-27(31-28)18-14-15-24-22(16-18)20-10-4-6-12-23(20)29-24/h1-17,29H. The number of thiophene rings is 1. The first-order chi connectivity index (χ1) is 15.4. The second-order valence-corrected chi connectivity index (χ2v) is 9.00. The van der Waals surface area contributed by atoms with Crippen molar-refractivity contribution in [2.24, 2.45) is 0 Å². The SMILES string of the molecule is c1ccc(-n2c3ccccc3c3sc(-c4ccc5[nH]c6ccccc6c5c4)cc32)cc1. The molecule has 31 heavy (non-hydrogen) atoms. The summed E-state index contributed by atoms with van der Waals surface area (Å²) >= 11 is 1.88. The van der Waals surface area contributed by atoms with E-state index in [1.54, 1.807) is 0 Å². The molecular weight excluding hydrogens is 396 g/mol. The Morgan fingerprint density at radius 2 is 1.32 bits per heavy atom. The van der Waals surface area contributed by atoms with Crippen LogP contribution in [0.4, 0.5) is 0 Å². The number of nitrogens with one attached hydrogen (secondary N) is 1. The molecule has 1 N–H and O–H groups in total. The van der Waals surface area contributed by atoms with Crippen molar-refractivity contribution in [1.82, 2.24) is 9.55 Å². The number of H-pyrrole nitrogens is 1. The number of fused-ring (bicyclic) bond motifs is 6. The van der Waals surface area contributed by atoms with Crippen molar-refractivity contribution in [3.63, 3.8) is 0 Å². The summed E-state index contributed by atoms with van der Waals surface area (Å²) in [5.74, 6) is 0. The van der Waals surface area contributed by atoms with Crippen molar-refractivity contribution in [3.05, 3.63) is 103 Å². The first-order valence-electron chi connectivity index (χ1n) is 10.5. The van der Waals surface area contributed by atoms with E-state index < -0.39 is 0 Å². The zero-order valence-electron chi connectivity index (χ0n) is 16.7. The molecule has 0 saturated carbocycles. The van der Waals surface area contributed by atoms with Gasteiger partial charge in [0, 0.05) is 37.8 Å². The highest BCUT2D eigenvalue weighted by Gasteiger charge is 2.16. The summed E-state index contributed by atoms with van der Waals surface area (Å²) in [6, 6.07) is 37.0. The molecule has 3 heteroatoms. The summed E-state index contributed by atoms with van der Waals surface area (Å²) in [5.41, 5.74) is 7.37. The number of para-hydroxylation sites is 3. The van der Waals surface area contributed by atoms with Crippen LogP contribution in [0.2, 0.25) is 0 Å². The first-order valence-corrected chi connectivity index (χ1v) is 11.3. The average Bonchev–Trinajstić information content (AvgIpc) is 3.49. The molecule has 0 aliphatic heterocycles. The van der Waals surface area contributed by atoms with Crippen LogP contribution in [0.25, 0.3) is 59.1 Å². The number of aromatic nitrogens is 2. The third-order valence-electron chi connectivity index (χ3n) is 6.15. The van der Waals surface area contributed by atoms with Gasteiger partial charge in [0.1, 0.15) is 0 Å². The van der Waals surface area contributed by atoms with Crippen LogP contribution in [0.3, 0.4) is 0 Å². The Bertz CT molecular complexity index is 1730. The fraction of sp³-hybridized carbons (Fsp3) is 0. The van der Waals surface area contributed by atoms with Crippen LogP contribution in [-0.2, 0) is 0 Å². The quantitative estimate of drug-likeness (QED) is 0.295. The van der Waals surface area contributed by atoms with Gasteiger partial charge < -0.3 is 9.55 Å². The van der Waals surface area contributed by atoms with Crippen molar-refractivity contribution in [2.75, 3.05) is 0 Å². The highest BCUT2D eigenvalue weighted by Crippen LogP contribution is 2.42. The summed E-state index contributed by atoms with van der Waals surface area (Å²) in [6.45, 7) is 0. The molecule has 3 aromatic heterocycles.